The number of hydrogen-bond acceptors (Lipinski definition) is 4. The van der Waals surface area contributed by atoms with E-state index < -0.39 is 11.8 Å². The van der Waals surface area contributed by atoms with E-state index >= 15 is 0 Å². The van der Waals surface area contributed by atoms with Gasteiger partial charge in [0, 0.05) is 11.8 Å². The number of pyridine rings is 2. The van der Waals surface area contributed by atoms with Crippen LogP contribution >= 0.6 is 0 Å². The van der Waals surface area contributed by atoms with Crippen LogP contribution in [0.25, 0.3) is 11.3 Å². The van der Waals surface area contributed by atoms with Gasteiger partial charge in [0.2, 0.25) is 0 Å². The molecule has 0 fully saturated rings. The minimum Gasteiger partial charge on any atom is -0.462 e. The van der Waals surface area contributed by atoms with Crippen LogP contribution < -0.4 is 0 Å². The Labute approximate surface area is 123 Å². The van der Waals surface area contributed by atoms with Gasteiger partial charge in [-0.1, -0.05) is 13.8 Å². The first-order chi connectivity index (χ1) is 10.0. The van der Waals surface area contributed by atoms with Gasteiger partial charge in [0.15, 0.2) is 0 Å². The van der Waals surface area contributed by atoms with Crippen LogP contribution in [0.1, 0.15) is 42.7 Å². The molecule has 0 aliphatic rings. The van der Waals surface area contributed by atoms with Crippen molar-refractivity contribution in [3.05, 3.63) is 47.7 Å². The average molecular weight is 288 g/mol. The Morgan fingerprint density at radius 3 is 2.71 bits per heavy atom. The molecule has 0 spiro atoms. The zero-order valence-corrected chi connectivity index (χ0v) is 12.3. The van der Waals surface area contributed by atoms with E-state index in [4.69, 9.17) is 4.74 Å². The molecule has 0 unspecified atom stereocenters. The standard InChI is InChI=1S/C16H17FN2O2/c1-4-21-16(20)13-5-6-14(19-15(13)10(2)3)11-7-12(17)9-18-8-11/h5-10H,4H2,1-3H3. The minimum absolute atomic E-state index is 0.0471. The maximum atomic E-state index is 13.3. The van der Waals surface area contributed by atoms with Crippen molar-refractivity contribution in [3.63, 3.8) is 0 Å². The lowest BCUT2D eigenvalue weighted by Gasteiger charge is -2.12. The highest BCUT2D eigenvalue weighted by Gasteiger charge is 2.17. The number of aromatic nitrogens is 2. The predicted molar refractivity (Wildman–Crippen MR) is 77.5 cm³/mol. The van der Waals surface area contributed by atoms with Gasteiger partial charge in [-0.3, -0.25) is 9.97 Å². The van der Waals surface area contributed by atoms with Crippen LogP contribution in [0.4, 0.5) is 4.39 Å². The smallest absolute Gasteiger partial charge is 0.339 e. The molecule has 0 amide bonds. The van der Waals surface area contributed by atoms with Gasteiger partial charge in [0.1, 0.15) is 5.82 Å². The second kappa shape index (κ2) is 6.43. The molecule has 0 aliphatic carbocycles. The van der Waals surface area contributed by atoms with Crippen molar-refractivity contribution in [1.29, 1.82) is 0 Å². The lowest BCUT2D eigenvalue weighted by molar-refractivity contribution is 0.0524. The summed E-state index contributed by atoms with van der Waals surface area (Å²) in [6.45, 7) is 5.95. The number of esters is 1. The van der Waals surface area contributed by atoms with Crippen molar-refractivity contribution < 1.29 is 13.9 Å². The van der Waals surface area contributed by atoms with Crippen molar-refractivity contribution in [2.75, 3.05) is 6.61 Å². The Morgan fingerprint density at radius 2 is 2.10 bits per heavy atom. The first kappa shape index (κ1) is 15.1. The summed E-state index contributed by atoms with van der Waals surface area (Å²) in [5, 5.41) is 0. The van der Waals surface area contributed by atoms with Gasteiger partial charge in [-0.25, -0.2) is 9.18 Å². The molecular formula is C16H17FN2O2. The molecule has 0 aliphatic heterocycles. The monoisotopic (exact) mass is 288 g/mol. The summed E-state index contributed by atoms with van der Waals surface area (Å²) in [5.41, 5.74) is 2.24. The number of hydrogen-bond donors (Lipinski definition) is 0. The quantitative estimate of drug-likeness (QED) is 0.807. The summed E-state index contributed by atoms with van der Waals surface area (Å²) in [6, 6.07) is 4.71. The fourth-order valence-corrected chi connectivity index (χ4v) is 2.01. The van der Waals surface area contributed by atoms with Gasteiger partial charge in [-0.15, -0.1) is 0 Å². The van der Waals surface area contributed by atoms with E-state index in [1.54, 1.807) is 25.3 Å². The van der Waals surface area contributed by atoms with Crippen LogP contribution in [0.5, 0.6) is 0 Å². The topological polar surface area (TPSA) is 52.1 Å². The highest BCUT2D eigenvalue weighted by Crippen LogP contribution is 2.24. The zero-order valence-electron chi connectivity index (χ0n) is 12.3. The molecule has 110 valence electrons. The van der Waals surface area contributed by atoms with Crippen molar-refractivity contribution in [1.82, 2.24) is 9.97 Å². The van der Waals surface area contributed by atoms with Crippen LogP contribution in [0.3, 0.4) is 0 Å². The molecule has 0 N–H and O–H groups in total. The number of halogens is 1. The van der Waals surface area contributed by atoms with Crippen molar-refractivity contribution in [2.45, 2.75) is 26.7 Å². The van der Waals surface area contributed by atoms with Gasteiger partial charge in [-0.05, 0) is 31.0 Å². The molecule has 21 heavy (non-hydrogen) atoms. The molecule has 0 aromatic carbocycles. The summed E-state index contributed by atoms with van der Waals surface area (Å²) in [5.74, 6) is -0.765. The number of carbonyl (C=O) groups is 1. The minimum atomic E-state index is -0.421. The first-order valence-corrected chi connectivity index (χ1v) is 6.82. The normalized spacial score (nSPS) is 10.7. The van der Waals surface area contributed by atoms with Crippen molar-refractivity contribution in [3.8, 4) is 11.3 Å². The molecule has 4 nitrogen and oxygen atoms in total. The average Bonchev–Trinajstić information content (AvgIpc) is 2.46. The van der Waals surface area contributed by atoms with Crippen LogP contribution in [-0.4, -0.2) is 22.5 Å². The second-order valence-electron chi connectivity index (χ2n) is 4.90. The third kappa shape index (κ3) is 3.42. The van der Waals surface area contributed by atoms with Crippen LogP contribution in [0.15, 0.2) is 30.6 Å². The van der Waals surface area contributed by atoms with Crippen LogP contribution in [0.2, 0.25) is 0 Å². The lowest BCUT2D eigenvalue weighted by atomic mass is 10.0. The van der Waals surface area contributed by atoms with Crippen LogP contribution in [-0.2, 0) is 4.74 Å². The third-order valence-corrected chi connectivity index (χ3v) is 2.97. The molecule has 0 radical (unpaired) electrons. The van der Waals surface area contributed by atoms with E-state index in [-0.39, 0.29) is 5.92 Å². The molecule has 0 saturated carbocycles. The maximum Gasteiger partial charge on any atom is 0.339 e. The summed E-state index contributed by atoms with van der Waals surface area (Å²) >= 11 is 0. The number of ether oxygens (including phenoxy) is 1. The Kier molecular flexibility index (Phi) is 4.62. The highest BCUT2D eigenvalue weighted by atomic mass is 19.1. The van der Waals surface area contributed by atoms with E-state index in [2.05, 4.69) is 9.97 Å². The first-order valence-electron chi connectivity index (χ1n) is 6.82. The molecular weight excluding hydrogens is 271 g/mol. The summed E-state index contributed by atoms with van der Waals surface area (Å²) in [6.07, 6.45) is 2.68. The van der Waals surface area contributed by atoms with E-state index in [1.807, 2.05) is 13.8 Å². The molecule has 0 bridgehead atoms. The number of carbonyl (C=O) groups excluding carboxylic acids is 1. The van der Waals surface area contributed by atoms with Gasteiger partial charge in [0.05, 0.1) is 29.8 Å². The zero-order chi connectivity index (χ0) is 15.4. The molecule has 2 aromatic heterocycles. The molecule has 2 aromatic rings. The molecule has 0 saturated heterocycles. The molecule has 2 heterocycles. The summed E-state index contributed by atoms with van der Waals surface area (Å²) < 4.78 is 18.3. The maximum absolute atomic E-state index is 13.3. The second-order valence-corrected chi connectivity index (χ2v) is 4.90. The highest BCUT2D eigenvalue weighted by molar-refractivity contribution is 5.91. The predicted octanol–water partition coefficient (Wildman–Crippen LogP) is 3.58. The van der Waals surface area contributed by atoms with E-state index in [9.17, 15) is 9.18 Å². The van der Waals surface area contributed by atoms with Crippen LogP contribution in [0, 0.1) is 5.82 Å². The molecule has 0 atom stereocenters. The van der Waals surface area contributed by atoms with E-state index in [1.165, 1.54) is 6.07 Å². The number of rotatable bonds is 4. The van der Waals surface area contributed by atoms with E-state index in [0.29, 0.717) is 29.1 Å². The molecule has 2 rings (SSSR count). The van der Waals surface area contributed by atoms with Crippen molar-refractivity contribution >= 4 is 5.97 Å². The van der Waals surface area contributed by atoms with Gasteiger partial charge in [-0.2, -0.15) is 0 Å². The Hall–Kier alpha value is -2.30. The largest absolute Gasteiger partial charge is 0.462 e. The fourth-order valence-electron chi connectivity index (χ4n) is 2.01. The Bertz CT molecular complexity index is 656. The lowest BCUT2D eigenvalue weighted by Crippen LogP contribution is -2.11. The fraction of sp³-hybridized carbons (Fsp3) is 0.312. The van der Waals surface area contributed by atoms with Gasteiger partial charge in [0.25, 0.3) is 0 Å². The van der Waals surface area contributed by atoms with E-state index in [0.717, 1.165) is 6.20 Å². The van der Waals surface area contributed by atoms with Gasteiger partial charge >= 0.3 is 5.97 Å². The van der Waals surface area contributed by atoms with Crippen molar-refractivity contribution in [2.24, 2.45) is 0 Å². The summed E-state index contributed by atoms with van der Waals surface area (Å²) in [7, 11) is 0. The molecule has 5 heteroatoms. The Balaban J connectivity index is 2.48. The number of nitrogens with zero attached hydrogens (tertiary/aromatic N) is 2. The van der Waals surface area contributed by atoms with Gasteiger partial charge < -0.3 is 4.74 Å². The third-order valence-electron chi connectivity index (χ3n) is 2.97. The Morgan fingerprint density at radius 1 is 1.33 bits per heavy atom. The SMILES string of the molecule is CCOC(=O)c1ccc(-c2cncc(F)c2)nc1C(C)C. The summed E-state index contributed by atoms with van der Waals surface area (Å²) in [4.78, 5) is 20.2.